The molecule has 0 aromatic heterocycles. The molecule has 0 saturated heterocycles. The van der Waals surface area contributed by atoms with Crippen molar-refractivity contribution in [1.29, 1.82) is 0 Å². The van der Waals surface area contributed by atoms with Crippen molar-refractivity contribution in [1.82, 2.24) is 9.80 Å². The molecule has 1 aromatic carbocycles. The van der Waals surface area contributed by atoms with Gasteiger partial charge in [0.2, 0.25) is 0 Å². The zero-order chi connectivity index (χ0) is 16.2. The molecule has 1 rings (SSSR count). The molecule has 0 saturated carbocycles. The Labute approximate surface area is 130 Å². The average molecular weight is 292 g/mol. The topological polar surface area (TPSA) is 26.7 Å². The molecule has 0 atom stereocenters. The van der Waals surface area contributed by atoms with Gasteiger partial charge in [-0.05, 0) is 45.6 Å². The van der Waals surface area contributed by atoms with Gasteiger partial charge in [0.05, 0.1) is 0 Å². The average Bonchev–Trinajstić information content (AvgIpc) is 2.32. The van der Waals surface area contributed by atoms with Crippen LogP contribution in [0.1, 0.15) is 50.3 Å². The van der Waals surface area contributed by atoms with Gasteiger partial charge in [0.1, 0.15) is 5.75 Å². The van der Waals surface area contributed by atoms with Gasteiger partial charge in [0.15, 0.2) is 0 Å². The van der Waals surface area contributed by atoms with E-state index in [1.165, 1.54) is 12.0 Å². The molecule has 0 amide bonds. The number of nitrogens with zero attached hydrogens (tertiary/aromatic N) is 2. The first-order valence-electron chi connectivity index (χ1n) is 7.82. The van der Waals surface area contributed by atoms with E-state index in [9.17, 15) is 5.11 Å². The third kappa shape index (κ3) is 5.01. The minimum atomic E-state index is 0.143. The Kier molecular flexibility index (Phi) is 6.24. The Morgan fingerprint density at radius 3 is 1.71 bits per heavy atom. The number of rotatable bonds is 7. The van der Waals surface area contributed by atoms with Crippen LogP contribution in [0.3, 0.4) is 0 Å². The van der Waals surface area contributed by atoms with Crippen LogP contribution in [0, 0.1) is 0 Å². The summed E-state index contributed by atoms with van der Waals surface area (Å²) in [6.45, 7) is 8.35. The van der Waals surface area contributed by atoms with Crippen molar-refractivity contribution < 1.29 is 5.11 Å². The van der Waals surface area contributed by atoms with E-state index in [1.807, 2.05) is 28.2 Å². The second-order valence-electron chi connectivity index (χ2n) is 7.25. The lowest BCUT2D eigenvalue weighted by Gasteiger charge is -2.28. The molecule has 21 heavy (non-hydrogen) atoms. The van der Waals surface area contributed by atoms with E-state index in [1.54, 1.807) is 0 Å². The van der Waals surface area contributed by atoms with E-state index in [0.29, 0.717) is 5.75 Å². The summed E-state index contributed by atoms with van der Waals surface area (Å²) in [5.74, 6) is 0.452. The van der Waals surface area contributed by atoms with Gasteiger partial charge in [-0.15, -0.1) is 0 Å². The van der Waals surface area contributed by atoms with Crippen LogP contribution in [0.2, 0.25) is 0 Å². The fraction of sp³-hybridized carbons (Fsp3) is 0.667. The highest BCUT2D eigenvalue weighted by molar-refractivity contribution is 5.46. The van der Waals surface area contributed by atoms with Crippen molar-refractivity contribution in [2.45, 2.75) is 52.1 Å². The first kappa shape index (κ1) is 18.0. The number of phenols is 1. The summed E-state index contributed by atoms with van der Waals surface area (Å²) in [5, 5.41) is 10.6. The molecule has 0 aliphatic carbocycles. The minimum absolute atomic E-state index is 0.143. The smallest absolute Gasteiger partial charge is 0.124 e. The molecule has 0 heterocycles. The van der Waals surface area contributed by atoms with E-state index in [4.69, 9.17) is 0 Å². The molecule has 0 aliphatic rings. The summed E-state index contributed by atoms with van der Waals surface area (Å²) in [7, 11) is 8.15. The van der Waals surface area contributed by atoms with Crippen molar-refractivity contribution >= 4 is 0 Å². The van der Waals surface area contributed by atoms with E-state index < -0.39 is 0 Å². The van der Waals surface area contributed by atoms with Gasteiger partial charge < -0.3 is 14.9 Å². The van der Waals surface area contributed by atoms with Crippen molar-refractivity contribution in [2.75, 3.05) is 28.2 Å². The summed E-state index contributed by atoms with van der Waals surface area (Å²) in [5.41, 5.74) is 3.53. The van der Waals surface area contributed by atoms with Gasteiger partial charge in [-0.2, -0.15) is 0 Å². The van der Waals surface area contributed by atoms with Crippen LogP contribution in [-0.2, 0) is 18.5 Å². The third-order valence-electron chi connectivity index (χ3n) is 3.90. The van der Waals surface area contributed by atoms with Gasteiger partial charge in [0.25, 0.3) is 0 Å². The maximum absolute atomic E-state index is 10.6. The molecule has 0 radical (unpaired) electrons. The Bertz CT molecular complexity index is 433. The lowest BCUT2D eigenvalue weighted by atomic mass is 9.79. The van der Waals surface area contributed by atoms with Crippen LogP contribution in [0.5, 0.6) is 5.75 Å². The normalized spacial score (nSPS) is 12.4. The molecule has 0 spiro atoms. The van der Waals surface area contributed by atoms with Gasteiger partial charge in [-0.1, -0.05) is 39.3 Å². The largest absolute Gasteiger partial charge is 0.507 e. The van der Waals surface area contributed by atoms with Crippen LogP contribution >= 0.6 is 0 Å². The monoisotopic (exact) mass is 292 g/mol. The third-order valence-corrected chi connectivity index (χ3v) is 3.90. The number of hydrogen-bond donors (Lipinski definition) is 1. The number of hydrogen-bond acceptors (Lipinski definition) is 3. The Morgan fingerprint density at radius 1 is 0.952 bits per heavy atom. The van der Waals surface area contributed by atoms with Crippen LogP contribution in [-0.4, -0.2) is 43.1 Å². The first-order chi connectivity index (χ1) is 9.67. The SMILES string of the molecule is CCCC(C)(C)c1cc(CN(C)C)c(O)c(CN(C)C)c1. The molecular formula is C18H32N2O. The Morgan fingerprint density at radius 2 is 1.38 bits per heavy atom. The van der Waals surface area contributed by atoms with Crippen molar-refractivity contribution in [3.63, 3.8) is 0 Å². The summed E-state index contributed by atoms with van der Waals surface area (Å²) < 4.78 is 0. The van der Waals surface area contributed by atoms with E-state index >= 15 is 0 Å². The second-order valence-corrected chi connectivity index (χ2v) is 7.25. The zero-order valence-corrected chi connectivity index (χ0v) is 14.8. The van der Waals surface area contributed by atoms with E-state index in [-0.39, 0.29) is 5.41 Å². The van der Waals surface area contributed by atoms with Crippen molar-refractivity contribution in [2.24, 2.45) is 0 Å². The fourth-order valence-corrected chi connectivity index (χ4v) is 2.84. The van der Waals surface area contributed by atoms with E-state index in [2.05, 4.69) is 42.7 Å². The van der Waals surface area contributed by atoms with Crippen LogP contribution < -0.4 is 0 Å². The van der Waals surface area contributed by atoms with Gasteiger partial charge in [0, 0.05) is 24.2 Å². The molecule has 1 N–H and O–H groups in total. The molecule has 3 nitrogen and oxygen atoms in total. The van der Waals surface area contributed by atoms with Crippen molar-refractivity contribution in [3.8, 4) is 5.75 Å². The molecule has 1 aromatic rings. The number of benzene rings is 1. The predicted molar refractivity (Wildman–Crippen MR) is 90.8 cm³/mol. The maximum atomic E-state index is 10.6. The quantitative estimate of drug-likeness (QED) is 0.832. The minimum Gasteiger partial charge on any atom is -0.507 e. The Balaban J connectivity index is 3.31. The molecule has 0 unspecified atom stereocenters. The maximum Gasteiger partial charge on any atom is 0.124 e. The van der Waals surface area contributed by atoms with Crippen LogP contribution in [0.4, 0.5) is 0 Å². The second kappa shape index (κ2) is 7.28. The lowest BCUT2D eigenvalue weighted by molar-refractivity contribution is 0.366. The van der Waals surface area contributed by atoms with Crippen molar-refractivity contribution in [3.05, 3.63) is 28.8 Å². The predicted octanol–water partition coefficient (Wildman–Crippen LogP) is 3.59. The highest BCUT2D eigenvalue weighted by atomic mass is 16.3. The van der Waals surface area contributed by atoms with E-state index in [0.717, 1.165) is 30.6 Å². The number of aromatic hydroxyl groups is 1. The van der Waals surface area contributed by atoms with Gasteiger partial charge in [-0.25, -0.2) is 0 Å². The summed E-state index contributed by atoms with van der Waals surface area (Å²) in [6, 6.07) is 4.37. The first-order valence-corrected chi connectivity index (χ1v) is 7.82. The summed E-state index contributed by atoms with van der Waals surface area (Å²) in [6.07, 6.45) is 2.32. The number of phenolic OH excluding ortho intramolecular Hbond substituents is 1. The highest BCUT2D eigenvalue weighted by Gasteiger charge is 2.22. The molecule has 0 fully saturated rings. The molecule has 3 heteroatoms. The fourth-order valence-electron chi connectivity index (χ4n) is 2.84. The highest BCUT2D eigenvalue weighted by Crippen LogP contribution is 2.34. The van der Waals surface area contributed by atoms with Crippen LogP contribution in [0.25, 0.3) is 0 Å². The lowest BCUT2D eigenvalue weighted by Crippen LogP contribution is -2.20. The molecule has 0 aliphatic heterocycles. The molecule has 0 bridgehead atoms. The molecular weight excluding hydrogens is 260 g/mol. The standard InChI is InChI=1S/C18H32N2O/c1-8-9-18(2,3)16-10-14(12-19(4)5)17(21)15(11-16)13-20(6)7/h10-11,21H,8-9,12-13H2,1-7H3. The van der Waals surface area contributed by atoms with Crippen LogP contribution in [0.15, 0.2) is 12.1 Å². The Hall–Kier alpha value is -1.06. The van der Waals surface area contributed by atoms with Gasteiger partial charge in [-0.3, -0.25) is 0 Å². The summed E-state index contributed by atoms with van der Waals surface area (Å²) >= 11 is 0. The molecule has 120 valence electrons. The summed E-state index contributed by atoms with van der Waals surface area (Å²) in [4.78, 5) is 4.20. The zero-order valence-electron chi connectivity index (χ0n) is 14.8. The van der Waals surface area contributed by atoms with Gasteiger partial charge >= 0.3 is 0 Å².